The summed E-state index contributed by atoms with van der Waals surface area (Å²) in [7, 11) is 0. The molecule has 3 aromatic heterocycles. The number of thioether (sulfide) groups is 1. The van der Waals surface area contributed by atoms with Crippen LogP contribution in [0.25, 0.3) is 20.4 Å². The van der Waals surface area contributed by atoms with E-state index in [9.17, 15) is 4.79 Å². The maximum atomic E-state index is 12.7. The van der Waals surface area contributed by atoms with E-state index in [1.54, 1.807) is 17.7 Å². The highest BCUT2D eigenvalue weighted by Crippen LogP contribution is 2.42. The van der Waals surface area contributed by atoms with Crippen LogP contribution in [0.3, 0.4) is 0 Å². The van der Waals surface area contributed by atoms with E-state index in [2.05, 4.69) is 55.1 Å². The molecule has 0 saturated carbocycles. The number of carbonyl (C=O) groups is 1. The summed E-state index contributed by atoms with van der Waals surface area (Å²) in [6.07, 6.45) is 4.28. The molecule has 0 saturated heterocycles. The molecular formula is C27H30N4O2S2. The number of carbonyl (C=O) groups excluding carboxylic acids is 1. The molecule has 0 radical (unpaired) electrons. The van der Waals surface area contributed by atoms with Gasteiger partial charge in [-0.2, -0.15) is 0 Å². The molecule has 6 nitrogen and oxygen atoms in total. The van der Waals surface area contributed by atoms with Crippen molar-refractivity contribution in [1.29, 1.82) is 0 Å². The molecule has 0 aliphatic carbocycles. The Kier molecular flexibility index (Phi) is 6.79. The molecule has 0 bridgehead atoms. The number of rotatable bonds is 7. The number of pyridine rings is 1. The smallest absolute Gasteiger partial charge is 0.230 e. The Labute approximate surface area is 213 Å². The molecule has 8 heteroatoms. The number of hydrogen-bond acceptors (Lipinski definition) is 7. The summed E-state index contributed by atoms with van der Waals surface area (Å²) in [4.78, 5) is 27.7. The van der Waals surface area contributed by atoms with Crippen molar-refractivity contribution >= 4 is 49.4 Å². The van der Waals surface area contributed by atoms with Crippen molar-refractivity contribution in [2.75, 3.05) is 5.75 Å². The third-order valence-electron chi connectivity index (χ3n) is 6.46. The van der Waals surface area contributed by atoms with E-state index in [0.29, 0.717) is 12.4 Å². The fourth-order valence-electron chi connectivity index (χ4n) is 4.60. The highest BCUT2D eigenvalue weighted by atomic mass is 32.2. The Morgan fingerprint density at radius 1 is 1.23 bits per heavy atom. The largest absolute Gasteiger partial charge is 0.370 e. The Hall–Kier alpha value is -2.55. The lowest BCUT2D eigenvalue weighted by Gasteiger charge is -2.32. The van der Waals surface area contributed by atoms with Gasteiger partial charge in [0.05, 0.1) is 28.2 Å². The van der Waals surface area contributed by atoms with Crippen LogP contribution in [0.5, 0.6) is 0 Å². The van der Waals surface area contributed by atoms with Gasteiger partial charge in [0, 0.05) is 29.1 Å². The maximum Gasteiger partial charge on any atom is 0.230 e. The molecule has 4 aromatic rings. The van der Waals surface area contributed by atoms with Crippen molar-refractivity contribution in [1.82, 2.24) is 20.3 Å². The average molecular weight is 507 g/mol. The fraction of sp³-hybridized carbons (Fsp3) is 0.407. The summed E-state index contributed by atoms with van der Waals surface area (Å²) in [6, 6.07) is 10.5. The molecule has 182 valence electrons. The number of nitrogens with zero attached hydrogens (tertiary/aromatic N) is 3. The molecule has 1 atom stereocenters. The van der Waals surface area contributed by atoms with E-state index in [0.717, 1.165) is 50.4 Å². The number of thiophene rings is 1. The van der Waals surface area contributed by atoms with E-state index in [1.807, 2.05) is 18.2 Å². The van der Waals surface area contributed by atoms with E-state index in [1.165, 1.54) is 28.5 Å². The predicted molar refractivity (Wildman–Crippen MR) is 143 cm³/mol. The van der Waals surface area contributed by atoms with E-state index < -0.39 is 0 Å². The fourth-order valence-corrected chi connectivity index (χ4v) is 6.69. The van der Waals surface area contributed by atoms with Gasteiger partial charge in [-0.3, -0.25) is 4.79 Å². The Morgan fingerprint density at radius 3 is 2.83 bits per heavy atom. The normalized spacial score (nSPS) is 15.8. The molecule has 1 unspecified atom stereocenters. The molecule has 1 amide bonds. The minimum atomic E-state index is -0.220. The third-order valence-corrected chi connectivity index (χ3v) is 8.66. The van der Waals surface area contributed by atoms with Crippen LogP contribution in [0, 0.1) is 6.92 Å². The number of benzene rings is 1. The van der Waals surface area contributed by atoms with Gasteiger partial charge in [-0.25, -0.2) is 15.0 Å². The monoisotopic (exact) mass is 506 g/mol. The second-order valence-electron chi connectivity index (χ2n) is 9.80. The van der Waals surface area contributed by atoms with Crippen LogP contribution >= 0.6 is 23.1 Å². The third kappa shape index (κ3) is 5.20. The minimum Gasteiger partial charge on any atom is -0.370 e. The molecule has 4 heterocycles. The van der Waals surface area contributed by atoms with E-state index in [-0.39, 0.29) is 17.6 Å². The molecule has 0 fully saturated rings. The molecule has 35 heavy (non-hydrogen) atoms. The summed E-state index contributed by atoms with van der Waals surface area (Å²) in [5, 5.41) is 5.08. The lowest BCUT2D eigenvalue weighted by atomic mass is 9.89. The second kappa shape index (κ2) is 9.84. The van der Waals surface area contributed by atoms with E-state index >= 15 is 0 Å². The molecule has 5 rings (SSSR count). The zero-order valence-corrected chi connectivity index (χ0v) is 22.2. The lowest BCUT2D eigenvalue weighted by molar-refractivity contribution is -0.119. The molecular weight excluding hydrogens is 476 g/mol. The quantitative estimate of drug-likeness (QED) is 0.259. The zero-order chi connectivity index (χ0) is 24.6. The van der Waals surface area contributed by atoms with Crippen LogP contribution in [0.4, 0.5) is 0 Å². The van der Waals surface area contributed by atoms with Gasteiger partial charge < -0.3 is 10.1 Å². The summed E-state index contributed by atoms with van der Waals surface area (Å²) in [5.74, 6) is 0.343. The molecule has 1 N–H and O–H groups in total. The van der Waals surface area contributed by atoms with Crippen LogP contribution in [0.2, 0.25) is 0 Å². The zero-order valence-electron chi connectivity index (χ0n) is 20.6. The second-order valence-corrected chi connectivity index (χ2v) is 11.8. The van der Waals surface area contributed by atoms with Crippen molar-refractivity contribution in [2.45, 2.75) is 70.2 Å². The number of aryl methyl sites for hydroxylation is 2. The first-order valence-corrected chi connectivity index (χ1v) is 13.8. The van der Waals surface area contributed by atoms with Gasteiger partial charge in [0.1, 0.15) is 16.2 Å². The Bertz CT molecular complexity index is 1380. The predicted octanol–water partition coefficient (Wildman–Crippen LogP) is 5.63. The van der Waals surface area contributed by atoms with Gasteiger partial charge in [-0.15, -0.1) is 11.3 Å². The number of amides is 1. The van der Waals surface area contributed by atoms with Crippen molar-refractivity contribution in [2.24, 2.45) is 0 Å². The van der Waals surface area contributed by atoms with Gasteiger partial charge in [0.25, 0.3) is 0 Å². The lowest BCUT2D eigenvalue weighted by Crippen LogP contribution is -2.34. The van der Waals surface area contributed by atoms with Crippen LogP contribution in [0.15, 0.2) is 41.7 Å². The summed E-state index contributed by atoms with van der Waals surface area (Å²) >= 11 is 3.08. The highest BCUT2D eigenvalue weighted by Gasteiger charge is 2.31. The number of fused-ring (bicyclic) bond motifs is 5. The topological polar surface area (TPSA) is 77.0 Å². The van der Waals surface area contributed by atoms with Gasteiger partial charge >= 0.3 is 0 Å². The SMILES string of the molecule is Cc1nc2sc3c(SCC(=O)NC(C)CCc4ccccc4)ncnc3c2c2c1COC(C)(C)C2. The summed E-state index contributed by atoms with van der Waals surface area (Å²) in [6.45, 7) is 8.94. The first kappa shape index (κ1) is 24.2. The maximum absolute atomic E-state index is 12.7. The van der Waals surface area contributed by atoms with Gasteiger partial charge in [0.15, 0.2) is 0 Å². The Balaban J connectivity index is 1.32. The number of hydrogen-bond donors (Lipinski definition) is 1. The van der Waals surface area contributed by atoms with Gasteiger partial charge in [-0.05, 0) is 51.7 Å². The average Bonchev–Trinajstić information content (AvgIpc) is 3.20. The minimum absolute atomic E-state index is 0.0219. The van der Waals surface area contributed by atoms with Gasteiger partial charge in [-0.1, -0.05) is 42.1 Å². The standard InChI is InChI=1S/C27H30N4O2S2/c1-16(10-11-18-8-6-5-7-9-18)30-21(32)14-34-26-24-23(28-15-29-26)22-19-12-27(3,4)33-13-20(19)17(2)31-25(22)35-24/h5-9,15-16H,10-14H2,1-4H3,(H,30,32). The summed E-state index contributed by atoms with van der Waals surface area (Å²) in [5.41, 5.74) is 5.48. The Morgan fingerprint density at radius 2 is 2.03 bits per heavy atom. The van der Waals surface area contributed by atoms with Crippen molar-refractivity contribution < 1.29 is 9.53 Å². The van der Waals surface area contributed by atoms with E-state index in [4.69, 9.17) is 9.72 Å². The first-order valence-electron chi connectivity index (χ1n) is 12.0. The first-order chi connectivity index (χ1) is 16.8. The van der Waals surface area contributed by atoms with Crippen LogP contribution in [0.1, 0.15) is 49.6 Å². The van der Waals surface area contributed by atoms with Crippen LogP contribution in [-0.2, 0) is 29.0 Å². The highest BCUT2D eigenvalue weighted by molar-refractivity contribution is 8.00. The van der Waals surface area contributed by atoms with Crippen LogP contribution < -0.4 is 5.32 Å². The number of ether oxygens (including phenoxy) is 1. The van der Waals surface area contributed by atoms with Gasteiger partial charge in [0.2, 0.25) is 5.91 Å². The number of aromatic nitrogens is 3. The molecule has 1 aliphatic rings. The van der Waals surface area contributed by atoms with Crippen molar-refractivity contribution in [3.05, 3.63) is 59.0 Å². The summed E-state index contributed by atoms with van der Waals surface area (Å²) < 4.78 is 7.06. The van der Waals surface area contributed by atoms with Crippen LogP contribution in [-0.4, -0.2) is 38.3 Å². The number of nitrogens with one attached hydrogen (secondary N) is 1. The molecule has 1 aromatic carbocycles. The van der Waals surface area contributed by atoms with Crippen molar-refractivity contribution in [3.8, 4) is 0 Å². The van der Waals surface area contributed by atoms with Crippen molar-refractivity contribution in [3.63, 3.8) is 0 Å². The molecule has 0 spiro atoms. The molecule has 1 aliphatic heterocycles.